The van der Waals surface area contributed by atoms with Crippen molar-refractivity contribution in [1.29, 1.82) is 0 Å². The Morgan fingerprint density at radius 3 is 2.27 bits per heavy atom. The predicted molar refractivity (Wildman–Crippen MR) is 128 cm³/mol. The molecule has 0 radical (unpaired) electrons. The second-order valence-corrected chi connectivity index (χ2v) is 8.46. The lowest BCUT2D eigenvalue weighted by atomic mass is 10.1. The number of fused-ring (bicyclic) bond motifs is 1. The van der Waals surface area contributed by atoms with Gasteiger partial charge >= 0.3 is 0 Å². The third-order valence-corrected chi connectivity index (χ3v) is 5.73. The molecule has 168 valence electrons. The van der Waals surface area contributed by atoms with Gasteiger partial charge in [0.05, 0.1) is 16.8 Å². The van der Waals surface area contributed by atoms with Gasteiger partial charge in [-0.1, -0.05) is 0 Å². The largest absolute Gasteiger partial charge is 0.497 e. The number of thiazole rings is 1. The highest BCUT2D eigenvalue weighted by molar-refractivity contribution is 7.19. The van der Waals surface area contributed by atoms with E-state index in [4.69, 9.17) is 4.74 Å². The van der Waals surface area contributed by atoms with Crippen LogP contribution in [-0.4, -0.2) is 33.7 Å². The van der Waals surface area contributed by atoms with Gasteiger partial charge in [-0.05, 0) is 55.5 Å². The van der Waals surface area contributed by atoms with Crippen molar-refractivity contribution in [2.75, 3.05) is 17.7 Å². The molecule has 2 N–H and O–H groups in total. The monoisotopic (exact) mass is 463 g/mol. The van der Waals surface area contributed by atoms with Crippen LogP contribution in [0.5, 0.6) is 5.75 Å². The minimum Gasteiger partial charge on any atom is -0.497 e. The van der Waals surface area contributed by atoms with Crippen molar-refractivity contribution in [2.24, 2.45) is 0 Å². The van der Waals surface area contributed by atoms with Crippen LogP contribution in [0, 0.1) is 6.92 Å². The molecule has 4 rings (SSSR count). The van der Waals surface area contributed by atoms with E-state index in [1.54, 1.807) is 31.4 Å². The highest BCUT2D eigenvalue weighted by Gasteiger charge is 2.18. The summed E-state index contributed by atoms with van der Waals surface area (Å²) in [7, 11) is 1.59. The van der Waals surface area contributed by atoms with Crippen LogP contribution < -0.4 is 20.9 Å². The van der Waals surface area contributed by atoms with Crippen molar-refractivity contribution in [3.63, 3.8) is 0 Å². The van der Waals surface area contributed by atoms with Crippen LogP contribution in [-0.2, 0) is 16.1 Å². The smallest absolute Gasteiger partial charge is 0.294 e. The maximum atomic E-state index is 13.0. The van der Waals surface area contributed by atoms with Crippen molar-refractivity contribution in [1.82, 2.24) is 14.8 Å². The van der Waals surface area contributed by atoms with E-state index in [0.29, 0.717) is 27.5 Å². The number of ether oxygens (including phenoxy) is 1. The molecule has 0 atom stereocenters. The van der Waals surface area contributed by atoms with Crippen LogP contribution in [0.4, 0.5) is 11.4 Å². The van der Waals surface area contributed by atoms with Gasteiger partial charge < -0.3 is 15.4 Å². The van der Waals surface area contributed by atoms with E-state index in [1.165, 1.54) is 18.3 Å². The summed E-state index contributed by atoms with van der Waals surface area (Å²) in [6.07, 6.45) is 0. The van der Waals surface area contributed by atoms with Gasteiger partial charge in [0.15, 0.2) is 5.52 Å². The Bertz CT molecular complexity index is 1390. The minimum atomic E-state index is -0.428. The molecule has 0 aliphatic rings. The molecule has 9 nitrogen and oxygen atoms in total. The normalized spacial score (nSPS) is 10.8. The second-order valence-electron chi connectivity index (χ2n) is 7.26. The van der Waals surface area contributed by atoms with Gasteiger partial charge in [0, 0.05) is 23.9 Å². The highest BCUT2D eigenvalue weighted by atomic mass is 32.1. The molecule has 0 saturated carbocycles. The van der Waals surface area contributed by atoms with Crippen molar-refractivity contribution >= 4 is 44.7 Å². The summed E-state index contributed by atoms with van der Waals surface area (Å²) in [5.41, 5.74) is 2.36. The molecule has 10 heteroatoms. The number of amides is 2. The number of nitrogens with zero attached hydrogens (tertiary/aromatic N) is 3. The van der Waals surface area contributed by atoms with E-state index in [-0.39, 0.29) is 18.0 Å². The molecule has 0 bridgehead atoms. The third kappa shape index (κ3) is 4.90. The molecular weight excluding hydrogens is 442 g/mol. The average Bonchev–Trinajstić information content (AvgIpc) is 3.19. The number of carbonyl (C=O) groups is 2. The number of methoxy groups -OCH3 is 1. The third-order valence-electron chi connectivity index (χ3n) is 4.75. The zero-order valence-electron chi connectivity index (χ0n) is 18.2. The number of rotatable bonds is 6. The maximum Gasteiger partial charge on any atom is 0.294 e. The number of nitrogens with one attached hydrogen (secondary N) is 2. The van der Waals surface area contributed by atoms with Crippen LogP contribution in [0.3, 0.4) is 0 Å². The number of aryl methyl sites for hydroxylation is 1. The molecule has 0 spiro atoms. The van der Waals surface area contributed by atoms with Gasteiger partial charge in [0.1, 0.15) is 18.0 Å². The van der Waals surface area contributed by atoms with Gasteiger partial charge in [0.2, 0.25) is 11.8 Å². The first kappa shape index (κ1) is 22.2. The van der Waals surface area contributed by atoms with Gasteiger partial charge in [-0.15, -0.1) is 11.3 Å². The Morgan fingerprint density at radius 1 is 1.03 bits per heavy atom. The first-order chi connectivity index (χ1) is 15.8. The van der Waals surface area contributed by atoms with E-state index < -0.39 is 11.5 Å². The van der Waals surface area contributed by atoms with Crippen molar-refractivity contribution in [2.45, 2.75) is 20.4 Å². The van der Waals surface area contributed by atoms with Crippen LogP contribution >= 0.6 is 11.3 Å². The quantitative estimate of drug-likeness (QED) is 0.453. The lowest BCUT2D eigenvalue weighted by Crippen LogP contribution is -2.30. The predicted octanol–water partition coefficient (Wildman–Crippen LogP) is 3.43. The fourth-order valence-electron chi connectivity index (χ4n) is 3.29. The summed E-state index contributed by atoms with van der Waals surface area (Å²) in [6, 6.07) is 14.0. The Kier molecular flexibility index (Phi) is 6.18. The fourth-order valence-corrected chi connectivity index (χ4v) is 4.21. The average molecular weight is 464 g/mol. The van der Waals surface area contributed by atoms with Crippen molar-refractivity contribution < 1.29 is 14.3 Å². The molecule has 0 saturated heterocycles. The first-order valence-electron chi connectivity index (χ1n) is 10.0. The van der Waals surface area contributed by atoms with Gasteiger partial charge in [0.25, 0.3) is 5.56 Å². The Morgan fingerprint density at radius 2 is 1.67 bits per heavy atom. The number of anilines is 2. The molecular formula is C23H21N5O4S. The lowest BCUT2D eigenvalue weighted by molar-refractivity contribution is -0.117. The number of benzene rings is 2. The number of hydrogen-bond donors (Lipinski definition) is 2. The van der Waals surface area contributed by atoms with E-state index >= 15 is 0 Å². The summed E-state index contributed by atoms with van der Waals surface area (Å²) in [4.78, 5) is 41.1. The second kappa shape index (κ2) is 9.21. The van der Waals surface area contributed by atoms with E-state index in [2.05, 4.69) is 20.7 Å². The summed E-state index contributed by atoms with van der Waals surface area (Å²) in [5, 5.41) is 10.6. The zero-order chi connectivity index (χ0) is 23.5. The SMILES string of the molecule is COc1ccc(-c2nn(CC(=O)Nc3ccc(NC(C)=O)cc3)c(=O)c3nc(C)sc23)cc1. The van der Waals surface area contributed by atoms with Crippen LogP contribution in [0.25, 0.3) is 21.5 Å². The first-order valence-corrected chi connectivity index (χ1v) is 10.9. The molecule has 0 aliphatic heterocycles. The van der Waals surface area contributed by atoms with Crippen molar-refractivity contribution in [3.8, 4) is 17.0 Å². The molecule has 0 fully saturated rings. The number of hydrogen-bond acceptors (Lipinski definition) is 7. The minimum absolute atomic E-state index is 0.183. The topological polar surface area (TPSA) is 115 Å². The molecule has 2 aromatic carbocycles. The van der Waals surface area contributed by atoms with Crippen LogP contribution in [0.1, 0.15) is 11.9 Å². The summed E-state index contributed by atoms with van der Waals surface area (Å²) in [5.74, 6) is 0.106. The van der Waals surface area contributed by atoms with E-state index in [9.17, 15) is 14.4 Å². The highest BCUT2D eigenvalue weighted by Crippen LogP contribution is 2.30. The molecule has 33 heavy (non-hydrogen) atoms. The fraction of sp³-hybridized carbons (Fsp3) is 0.174. The zero-order valence-corrected chi connectivity index (χ0v) is 19.0. The Balaban J connectivity index is 1.63. The summed E-state index contributed by atoms with van der Waals surface area (Å²) < 4.78 is 7.02. The molecule has 2 amide bonds. The van der Waals surface area contributed by atoms with Gasteiger partial charge in [-0.2, -0.15) is 5.10 Å². The standard InChI is InChI=1S/C23H21N5O4S/c1-13(29)24-16-6-8-17(9-7-16)26-19(30)12-28-23(31)21-22(33-14(2)25-21)20(27-28)15-4-10-18(32-3)11-5-15/h4-11H,12H2,1-3H3,(H,24,29)(H,26,30). The van der Waals surface area contributed by atoms with Crippen LogP contribution in [0.15, 0.2) is 53.3 Å². The van der Waals surface area contributed by atoms with Gasteiger partial charge in [-0.25, -0.2) is 9.67 Å². The van der Waals surface area contributed by atoms with E-state index in [0.717, 1.165) is 15.3 Å². The van der Waals surface area contributed by atoms with Crippen molar-refractivity contribution in [3.05, 3.63) is 63.9 Å². The molecule has 0 unspecified atom stereocenters. The lowest BCUT2D eigenvalue weighted by Gasteiger charge is -2.10. The maximum absolute atomic E-state index is 13.0. The molecule has 2 aromatic heterocycles. The number of aromatic nitrogens is 3. The Hall–Kier alpha value is -4.05. The Labute approximate surface area is 193 Å². The molecule has 0 aliphatic carbocycles. The summed E-state index contributed by atoms with van der Waals surface area (Å²) >= 11 is 1.38. The van der Waals surface area contributed by atoms with Crippen LogP contribution in [0.2, 0.25) is 0 Å². The number of carbonyl (C=O) groups excluding carboxylic acids is 2. The van der Waals surface area contributed by atoms with E-state index in [1.807, 2.05) is 31.2 Å². The summed E-state index contributed by atoms with van der Waals surface area (Å²) in [6.45, 7) is 2.97. The molecule has 2 heterocycles. The van der Waals surface area contributed by atoms with Gasteiger partial charge in [-0.3, -0.25) is 14.4 Å². The molecule has 4 aromatic rings.